The second-order valence-corrected chi connectivity index (χ2v) is 7.65. The molecule has 96 valence electrons. The molecular formula is C15H25NS. The van der Waals surface area contributed by atoms with Crippen molar-refractivity contribution < 1.29 is 0 Å². The van der Waals surface area contributed by atoms with Gasteiger partial charge in [-0.3, -0.25) is 0 Å². The van der Waals surface area contributed by atoms with Crippen molar-refractivity contribution in [3.8, 4) is 0 Å². The van der Waals surface area contributed by atoms with Gasteiger partial charge >= 0.3 is 0 Å². The molecule has 17 heavy (non-hydrogen) atoms. The molecule has 0 saturated heterocycles. The van der Waals surface area contributed by atoms with Crippen LogP contribution in [-0.4, -0.2) is 12.1 Å². The van der Waals surface area contributed by atoms with E-state index >= 15 is 0 Å². The van der Waals surface area contributed by atoms with E-state index in [1.165, 1.54) is 6.42 Å². The van der Waals surface area contributed by atoms with Crippen LogP contribution in [0.5, 0.6) is 0 Å². The zero-order valence-corrected chi connectivity index (χ0v) is 12.5. The molecule has 2 unspecified atom stereocenters. The van der Waals surface area contributed by atoms with Crippen LogP contribution in [0.3, 0.4) is 0 Å². The monoisotopic (exact) mass is 251 g/mol. The summed E-state index contributed by atoms with van der Waals surface area (Å²) in [5.74, 6) is 1.56. The molecule has 1 aliphatic rings. The largest absolute Gasteiger partial charge is 0.312 e. The third kappa shape index (κ3) is 2.58. The SMILES string of the molecule is CC(C)C1(c2cccs2)CC1CNC(C)(C)C. The highest BCUT2D eigenvalue weighted by atomic mass is 32.1. The van der Waals surface area contributed by atoms with Crippen LogP contribution in [0.1, 0.15) is 45.9 Å². The fourth-order valence-electron chi connectivity index (χ4n) is 2.87. The molecule has 0 amide bonds. The van der Waals surface area contributed by atoms with Gasteiger partial charge in [-0.2, -0.15) is 0 Å². The molecule has 2 heteroatoms. The summed E-state index contributed by atoms with van der Waals surface area (Å²) in [6, 6.07) is 4.51. The molecule has 1 nitrogen and oxygen atoms in total. The molecule has 0 radical (unpaired) electrons. The number of hydrogen-bond acceptors (Lipinski definition) is 2. The van der Waals surface area contributed by atoms with Crippen LogP contribution in [0.4, 0.5) is 0 Å². The highest BCUT2D eigenvalue weighted by Crippen LogP contribution is 2.60. The predicted octanol–water partition coefficient (Wildman–Crippen LogP) is 4.05. The van der Waals surface area contributed by atoms with Gasteiger partial charge in [-0.1, -0.05) is 19.9 Å². The van der Waals surface area contributed by atoms with Gasteiger partial charge in [0.25, 0.3) is 0 Å². The van der Waals surface area contributed by atoms with Gasteiger partial charge in [-0.15, -0.1) is 11.3 Å². The van der Waals surface area contributed by atoms with Crippen LogP contribution >= 0.6 is 11.3 Å². The fraction of sp³-hybridized carbons (Fsp3) is 0.733. The smallest absolute Gasteiger partial charge is 0.0114 e. The molecule has 0 aromatic carbocycles. The highest BCUT2D eigenvalue weighted by Gasteiger charge is 2.57. The van der Waals surface area contributed by atoms with Crippen LogP contribution in [0.25, 0.3) is 0 Å². The topological polar surface area (TPSA) is 12.0 Å². The minimum atomic E-state index is 0.237. The Bertz CT molecular complexity index is 361. The quantitative estimate of drug-likeness (QED) is 0.851. The molecule has 1 heterocycles. The van der Waals surface area contributed by atoms with Crippen molar-refractivity contribution in [2.24, 2.45) is 11.8 Å². The van der Waals surface area contributed by atoms with Crippen molar-refractivity contribution in [3.63, 3.8) is 0 Å². The zero-order chi connectivity index (χ0) is 12.7. The van der Waals surface area contributed by atoms with Crippen LogP contribution < -0.4 is 5.32 Å². The first kappa shape index (κ1) is 13.1. The first-order valence-electron chi connectivity index (χ1n) is 6.65. The second kappa shape index (κ2) is 4.40. The maximum Gasteiger partial charge on any atom is 0.0114 e. The first-order chi connectivity index (χ1) is 7.86. The second-order valence-electron chi connectivity index (χ2n) is 6.70. The van der Waals surface area contributed by atoms with E-state index in [1.54, 1.807) is 4.88 Å². The Morgan fingerprint density at radius 1 is 1.47 bits per heavy atom. The number of rotatable bonds is 4. The third-order valence-electron chi connectivity index (χ3n) is 4.04. The summed E-state index contributed by atoms with van der Waals surface area (Å²) in [5.41, 5.74) is 0.702. The number of nitrogens with one attached hydrogen (secondary N) is 1. The molecule has 1 aromatic rings. The van der Waals surface area contributed by atoms with Crippen molar-refractivity contribution in [1.82, 2.24) is 5.32 Å². The molecule has 1 aromatic heterocycles. The first-order valence-corrected chi connectivity index (χ1v) is 7.53. The van der Waals surface area contributed by atoms with Gasteiger partial charge in [0.15, 0.2) is 0 Å². The minimum absolute atomic E-state index is 0.237. The van der Waals surface area contributed by atoms with E-state index in [2.05, 4.69) is 57.4 Å². The van der Waals surface area contributed by atoms with Crippen molar-refractivity contribution in [2.45, 2.75) is 52.0 Å². The standard InChI is InChI=1S/C15H25NS/c1-11(2)15(13-7-6-8-17-13)9-12(15)10-16-14(3,4)5/h6-8,11-12,16H,9-10H2,1-5H3. The van der Waals surface area contributed by atoms with E-state index in [1.807, 2.05) is 11.3 Å². The summed E-state index contributed by atoms with van der Waals surface area (Å²) in [6.07, 6.45) is 1.36. The van der Waals surface area contributed by atoms with Gasteiger partial charge in [0.2, 0.25) is 0 Å². The van der Waals surface area contributed by atoms with Gasteiger partial charge in [-0.25, -0.2) is 0 Å². The van der Waals surface area contributed by atoms with Gasteiger partial charge in [0, 0.05) is 15.8 Å². The molecule has 1 fully saturated rings. The Hall–Kier alpha value is -0.340. The molecule has 1 aliphatic carbocycles. The van der Waals surface area contributed by atoms with Crippen LogP contribution in [0, 0.1) is 11.8 Å². The van der Waals surface area contributed by atoms with Crippen molar-refractivity contribution >= 4 is 11.3 Å². The highest BCUT2D eigenvalue weighted by molar-refractivity contribution is 7.10. The summed E-state index contributed by atoms with van der Waals surface area (Å²) >= 11 is 1.93. The lowest BCUT2D eigenvalue weighted by atomic mass is 9.88. The number of thiophene rings is 1. The average molecular weight is 251 g/mol. The molecule has 0 spiro atoms. The molecule has 1 N–H and O–H groups in total. The minimum Gasteiger partial charge on any atom is -0.312 e. The molecule has 0 bridgehead atoms. The predicted molar refractivity (Wildman–Crippen MR) is 76.7 cm³/mol. The zero-order valence-electron chi connectivity index (χ0n) is 11.7. The van der Waals surface area contributed by atoms with Crippen LogP contribution in [0.15, 0.2) is 17.5 Å². The lowest BCUT2D eigenvalue weighted by Crippen LogP contribution is -2.38. The lowest BCUT2D eigenvalue weighted by Gasteiger charge is -2.24. The maximum atomic E-state index is 3.66. The van der Waals surface area contributed by atoms with Crippen LogP contribution in [-0.2, 0) is 5.41 Å². The summed E-state index contributed by atoms with van der Waals surface area (Å²) in [5, 5.41) is 5.87. The van der Waals surface area contributed by atoms with E-state index in [4.69, 9.17) is 0 Å². The Kier molecular flexibility index (Phi) is 3.39. The van der Waals surface area contributed by atoms with E-state index < -0.39 is 0 Å². The summed E-state index contributed by atoms with van der Waals surface area (Å²) in [4.78, 5) is 1.59. The summed E-state index contributed by atoms with van der Waals surface area (Å²) < 4.78 is 0. The Balaban J connectivity index is 2.04. The number of hydrogen-bond donors (Lipinski definition) is 1. The molecule has 0 aliphatic heterocycles. The van der Waals surface area contributed by atoms with Crippen molar-refractivity contribution in [2.75, 3.05) is 6.54 Å². The summed E-state index contributed by atoms with van der Waals surface area (Å²) in [7, 11) is 0. The van der Waals surface area contributed by atoms with Gasteiger partial charge in [-0.05, 0) is 57.0 Å². The normalized spacial score (nSPS) is 28.7. The Morgan fingerprint density at radius 2 is 2.18 bits per heavy atom. The van der Waals surface area contributed by atoms with Gasteiger partial charge in [0.05, 0.1) is 0 Å². The fourth-order valence-corrected chi connectivity index (χ4v) is 4.04. The van der Waals surface area contributed by atoms with E-state index in [9.17, 15) is 0 Å². The van der Waals surface area contributed by atoms with Gasteiger partial charge < -0.3 is 5.32 Å². The van der Waals surface area contributed by atoms with Crippen LogP contribution in [0.2, 0.25) is 0 Å². The lowest BCUT2D eigenvalue weighted by molar-refractivity contribution is 0.379. The van der Waals surface area contributed by atoms with Gasteiger partial charge in [0.1, 0.15) is 0 Å². The molecule has 2 rings (SSSR count). The molecule has 2 atom stereocenters. The van der Waals surface area contributed by atoms with E-state index in [-0.39, 0.29) is 5.54 Å². The summed E-state index contributed by atoms with van der Waals surface area (Å²) in [6.45, 7) is 12.6. The molecule has 1 saturated carbocycles. The Labute approximate surface area is 110 Å². The van der Waals surface area contributed by atoms with E-state index in [0.717, 1.165) is 18.4 Å². The average Bonchev–Trinajstić information content (AvgIpc) is 2.69. The maximum absolute atomic E-state index is 3.66. The van der Waals surface area contributed by atoms with Crippen molar-refractivity contribution in [3.05, 3.63) is 22.4 Å². The molecular weight excluding hydrogens is 226 g/mol. The third-order valence-corrected chi connectivity index (χ3v) is 5.10. The van der Waals surface area contributed by atoms with E-state index in [0.29, 0.717) is 5.41 Å². The Morgan fingerprint density at radius 3 is 2.65 bits per heavy atom. The van der Waals surface area contributed by atoms with Crippen molar-refractivity contribution in [1.29, 1.82) is 0 Å².